The first-order valence-electron chi connectivity index (χ1n) is 9.96. The molecule has 2 fully saturated rings. The molecule has 2 saturated heterocycles. The zero-order valence-electron chi connectivity index (χ0n) is 16.2. The Balaban J connectivity index is 1.32. The predicted octanol–water partition coefficient (Wildman–Crippen LogP) is 1.55. The van der Waals surface area contributed by atoms with Gasteiger partial charge >= 0.3 is 0 Å². The molecule has 2 aliphatic rings. The van der Waals surface area contributed by atoms with Gasteiger partial charge in [-0.25, -0.2) is 14.6 Å². The molecule has 0 atom stereocenters. The zero-order valence-corrected chi connectivity index (χ0v) is 16.2. The average molecular weight is 381 g/mol. The zero-order chi connectivity index (χ0) is 19.3. The average Bonchev–Trinajstić information content (AvgIpc) is 3.25. The van der Waals surface area contributed by atoms with Crippen molar-refractivity contribution in [2.45, 2.75) is 25.8 Å². The van der Waals surface area contributed by atoms with Gasteiger partial charge in [-0.05, 0) is 25.3 Å². The molecule has 0 aliphatic carbocycles. The quantitative estimate of drug-likeness (QED) is 0.783. The van der Waals surface area contributed by atoms with E-state index in [0.29, 0.717) is 5.56 Å². The highest BCUT2D eigenvalue weighted by atomic mass is 16.2. The topological polar surface area (TPSA) is 70.4 Å². The third-order valence-electron chi connectivity index (χ3n) is 5.50. The molecule has 2 aliphatic heterocycles. The van der Waals surface area contributed by atoms with Crippen LogP contribution < -0.4 is 0 Å². The fourth-order valence-corrected chi connectivity index (χ4v) is 3.80. The largest absolute Gasteiger partial charge is 0.354 e. The first-order valence-corrected chi connectivity index (χ1v) is 9.96. The molecule has 0 saturated carbocycles. The molecule has 4 rings (SSSR count). The Morgan fingerprint density at radius 1 is 1.04 bits per heavy atom. The summed E-state index contributed by atoms with van der Waals surface area (Å²) in [6.07, 6.45) is 10.2. The van der Waals surface area contributed by atoms with Gasteiger partial charge < -0.3 is 9.80 Å². The van der Waals surface area contributed by atoms with Crippen LogP contribution in [-0.2, 0) is 6.54 Å². The molecule has 148 valence electrons. The molecular formula is C20H27N7O. The lowest BCUT2D eigenvalue weighted by molar-refractivity contribution is 0.0724. The molecule has 0 radical (unpaired) electrons. The van der Waals surface area contributed by atoms with E-state index < -0.39 is 0 Å². The van der Waals surface area contributed by atoms with Crippen molar-refractivity contribution in [1.29, 1.82) is 0 Å². The minimum atomic E-state index is 0.0772. The van der Waals surface area contributed by atoms with E-state index in [1.165, 1.54) is 6.42 Å². The molecule has 0 spiro atoms. The van der Waals surface area contributed by atoms with E-state index in [0.717, 1.165) is 70.2 Å². The number of piperidine rings is 1. The summed E-state index contributed by atoms with van der Waals surface area (Å²) in [4.78, 5) is 27.4. The Labute approximate surface area is 165 Å². The van der Waals surface area contributed by atoms with Gasteiger partial charge in [0.2, 0.25) is 0 Å². The van der Waals surface area contributed by atoms with Crippen LogP contribution in [0.4, 0.5) is 0 Å². The predicted molar refractivity (Wildman–Crippen MR) is 106 cm³/mol. The van der Waals surface area contributed by atoms with E-state index in [9.17, 15) is 4.79 Å². The van der Waals surface area contributed by atoms with Crippen LogP contribution in [-0.4, -0.2) is 79.6 Å². The van der Waals surface area contributed by atoms with E-state index >= 15 is 0 Å². The fourth-order valence-electron chi connectivity index (χ4n) is 3.80. The minimum Gasteiger partial charge on any atom is -0.354 e. The van der Waals surface area contributed by atoms with Crippen molar-refractivity contribution in [3.8, 4) is 0 Å². The molecule has 28 heavy (non-hydrogen) atoms. The SMILES string of the molecule is C=C(N1CCN(Cc2ccncn2)CC1)n1cc(C(=O)N2CCCCC2)cn1. The van der Waals surface area contributed by atoms with Crippen molar-refractivity contribution in [3.63, 3.8) is 0 Å². The number of nitrogens with zero attached hydrogens (tertiary/aromatic N) is 7. The molecule has 0 bridgehead atoms. The molecule has 0 N–H and O–H groups in total. The number of piperazine rings is 1. The number of carbonyl (C=O) groups excluding carboxylic acids is 1. The summed E-state index contributed by atoms with van der Waals surface area (Å²) in [5.41, 5.74) is 1.68. The third-order valence-corrected chi connectivity index (χ3v) is 5.50. The highest BCUT2D eigenvalue weighted by Crippen LogP contribution is 2.17. The number of hydrogen-bond donors (Lipinski definition) is 0. The van der Waals surface area contributed by atoms with Gasteiger partial charge in [0.1, 0.15) is 12.1 Å². The second kappa shape index (κ2) is 8.52. The molecule has 4 heterocycles. The minimum absolute atomic E-state index is 0.0772. The van der Waals surface area contributed by atoms with E-state index in [4.69, 9.17) is 0 Å². The van der Waals surface area contributed by atoms with Crippen molar-refractivity contribution in [2.75, 3.05) is 39.3 Å². The Hall–Kier alpha value is -2.74. The fraction of sp³-hybridized carbons (Fsp3) is 0.500. The standard InChI is InChI=1S/C20H27N7O/c1-17(25-11-9-24(10-12-25)15-19-5-6-21-16-22-19)27-14-18(13-23-27)20(28)26-7-3-2-4-8-26/h5-6,13-14,16H,1-4,7-12,15H2. The van der Waals surface area contributed by atoms with Gasteiger partial charge in [-0.3, -0.25) is 9.69 Å². The van der Waals surface area contributed by atoms with Crippen molar-refractivity contribution >= 4 is 11.7 Å². The van der Waals surface area contributed by atoms with Gasteiger partial charge in [0.25, 0.3) is 5.91 Å². The second-order valence-corrected chi connectivity index (χ2v) is 7.41. The van der Waals surface area contributed by atoms with E-state index in [-0.39, 0.29) is 5.91 Å². The molecule has 8 nitrogen and oxygen atoms in total. The van der Waals surface area contributed by atoms with E-state index in [2.05, 4.69) is 31.4 Å². The Kier molecular flexibility index (Phi) is 5.66. The van der Waals surface area contributed by atoms with Gasteiger partial charge in [-0.15, -0.1) is 0 Å². The van der Waals surface area contributed by atoms with Crippen LogP contribution in [0.2, 0.25) is 0 Å². The van der Waals surface area contributed by atoms with Crippen LogP contribution in [0.5, 0.6) is 0 Å². The lowest BCUT2D eigenvalue weighted by atomic mass is 10.1. The molecule has 2 aromatic rings. The molecule has 0 unspecified atom stereocenters. The van der Waals surface area contributed by atoms with Crippen LogP contribution in [0, 0.1) is 0 Å². The smallest absolute Gasteiger partial charge is 0.257 e. The highest BCUT2D eigenvalue weighted by Gasteiger charge is 2.22. The van der Waals surface area contributed by atoms with E-state index in [1.54, 1.807) is 23.4 Å². The molecule has 2 aromatic heterocycles. The third kappa shape index (κ3) is 4.22. The number of carbonyl (C=O) groups is 1. The van der Waals surface area contributed by atoms with Crippen molar-refractivity contribution in [3.05, 3.63) is 48.8 Å². The van der Waals surface area contributed by atoms with Crippen molar-refractivity contribution < 1.29 is 4.79 Å². The van der Waals surface area contributed by atoms with Crippen LogP contribution in [0.15, 0.2) is 37.6 Å². The van der Waals surface area contributed by atoms with Gasteiger partial charge in [-0.2, -0.15) is 5.10 Å². The Morgan fingerprint density at radius 2 is 1.82 bits per heavy atom. The Morgan fingerprint density at radius 3 is 2.54 bits per heavy atom. The number of amides is 1. The van der Waals surface area contributed by atoms with Crippen LogP contribution in [0.1, 0.15) is 35.3 Å². The normalized spacial score (nSPS) is 18.3. The van der Waals surface area contributed by atoms with Gasteiger partial charge in [0.15, 0.2) is 0 Å². The molecule has 8 heteroatoms. The highest BCUT2D eigenvalue weighted by molar-refractivity contribution is 5.93. The number of hydrogen-bond acceptors (Lipinski definition) is 6. The number of rotatable bonds is 5. The maximum atomic E-state index is 12.6. The summed E-state index contributed by atoms with van der Waals surface area (Å²) in [6.45, 7) is 10.3. The molecular weight excluding hydrogens is 354 g/mol. The summed E-state index contributed by atoms with van der Waals surface area (Å²) in [5, 5.41) is 4.39. The summed E-state index contributed by atoms with van der Waals surface area (Å²) < 4.78 is 1.73. The second-order valence-electron chi connectivity index (χ2n) is 7.41. The number of likely N-dealkylation sites (tertiary alicyclic amines) is 1. The maximum absolute atomic E-state index is 12.6. The van der Waals surface area contributed by atoms with Gasteiger partial charge in [-0.1, -0.05) is 6.58 Å². The monoisotopic (exact) mass is 381 g/mol. The van der Waals surface area contributed by atoms with Crippen molar-refractivity contribution in [1.82, 2.24) is 34.4 Å². The summed E-state index contributed by atoms with van der Waals surface area (Å²) >= 11 is 0. The van der Waals surface area contributed by atoms with Gasteiger partial charge in [0, 0.05) is 58.2 Å². The Bertz CT molecular complexity index is 805. The van der Waals surface area contributed by atoms with Crippen LogP contribution in [0.25, 0.3) is 5.82 Å². The lowest BCUT2D eigenvalue weighted by Gasteiger charge is -2.36. The molecule has 1 amide bonds. The first kappa shape index (κ1) is 18.6. The summed E-state index contributed by atoms with van der Waals surface area (Å²) in [7, 11) is 0. The van der Waals surface area contributed by atoms with Crippen LogP contribution >= 0.6 is 0 Å². The van der Waals surface area contributed by atoms with E-state index in [1.807, 2.05) is 17.2 Å². The summed E-state index contributed by atoms with van der Waals surface area (Å²) in [6, 6.07) is 1.95. The molecule has 0 aromatic carbocycles. The lowest BCUT2D eigenvalue weighted by Crippen LogP contribution is -2.45. The maximum Gasteiger partial charge on any atom is 0.257 e. The summed E-state index contributed by atoms with van der Waals surface area (Å²) in [5.74, 6) is 0.896. The van der Waals surface area contributed by atoms with Crippen LogP contribution in [0.3, 0.4) is 0 Å². The first-order chi connectivity index (χ1) is 13.7. The number of aromatic nitrogens is 4. The van der Waals surface area contributed by atoms with Crippen molar-refractivity contribution in [2.24, 2.45) is 0 Å². The van der Waals surface area contributed by atoms with Gasteiger partial charge in [0.05, 0.1) is 17.5 Å².